The van der Waals surface area contributed by atoms with Crippen molar-refractivity contribution in [1.29, 1.82) is 0 Å². The fraction of sp³-hybridized carbons (Fsp3) is 1.00. The summed E-state index contributed by atoms with van der Waals surface area (Å²) >= 11 is 0. The molecule has 3 heterocycles. The zero-order valence-electron chi connectivity index (χ0n) is 13.8. The largest absolute Gasteiger partial charge is 0.396 e. The molecule has 0 saturated carbocycles. The van der Waals surface area contributed by atoms with Gasteiger partial charge in [0, 0.05) is 24.4 Å². The Bertz CT molecular complexity index is 411. The first kappa shape index (κ1) is 15.7. The quantitative estimate of drug-likeness (QED) is 0.844. The first-order valence-electron chi connectivity index (χ1n) is 8.00. The molecular formula is C16H28O5. The zero-order chi connectivity index (χ0) is 15.6. The Labute approximate surface area is 126 Å². The van der Waals surface area contributed by atoms with Crippen LogP contribution >= 0.6 is 0 Å². The first-order valence-corrected chi connectivity index (χ1v) is 8.00. The highest BCUT2D eigenvalue weighted by Gasteiger charge is 2.63. The van der Waals surface area contributed by atoms with Crippen molar-refractivity contribution in [3.63, 3.8) is 0 Å². The second kappa shape index (κ2) is 4.90. The average Bonchev–Trinajstić information content (AvgIpc) is 2.74. The third kappa shape index (κ3) is 2.34. The van der Waals surface area contributed by atoms with Crippen molar-refractivity contribution in [3.05, 3.63) is 0 Å². The predicted octanol–water partition coefficient (Wildman–Crippen LogP) is 1.92. The molecule has 3 aliphatic heterocycles. The van der Waals surface area contributed by atoms with Crippen molar-refractivity contribution in [2.75, 3.05) is 6.61 Å². The Kier molecular flexibility index (Phi) is 3.66. The van der Waals surface area contributed by atoms with Gasteiger partial charge in [-0.3, -0.25) is 0 Å². The number of hydrogen-bond acceptors (Lipinski definition) is 5. The van der Waals surface area contributed by atoms with Gasteiger partial charge in [-0.1, -0.05) is 20.8 Å². The number of fused-ring (bicyclic) bond motifs is 4. The van der Waals surface area contributed by atoms with Gasteiger partial charge in [0.2, 0.25) is 0 Å². The van der Waals surface area contributed by atoms with Gasteiger partial charge in [0.05, 0.1) is 18.3 Å². The molecule has 5 heteroatoms. The molecule has 3 aliphatic rings. The molecule has 8 atom stereocenters. The molecule has 0 spiro atoms. The summed E-state index contributed by atoms with van der Waals surface area (Å²) in [5.41, 5.74) is 0. The van der Waals surface area contributed by atoms with E-state index in [9.17, 15) is 5.11 Å². The van der Waals surface area contributed by atoms with Crippen molar-refractivity contribution >= 4 is 0 Å². The summed E-state index contributed by atoms with van der Waals surface area (Å²) in [7, 11) is 0. The van der Waals surface area contributed by atoms with Crippen LogP contribution in [0.2, 0.25) is 0 Å². The first-order chi connectivity index (χ1) is 9.68. The summed E-state index contributed by atoms with van der Waals surface area (Å²) in [5, 5.41) is 9.51. The molecule has 122 valence electrons. The Morgan fingerprint density at radius 3 is 2.19 bits per heavy atom. The van der Waals surface area contributed by atoms with Crippen LogP contribution in [0.25, 0.3) is 0 Å². The summed E-state index contributed by atoms with van der Waals surface area (Å²) in [6.07, 6.45) is -0.188. The van der Waals surface area contributed by atoms with Crippen LogP contribution in [0, 0.1) is 17.8 Å². The molecule has 0 aliphatic carbocycles. The van der Waals surface area contributed by atoms with Gasteiger partial charge in [-0.15, -0.1) is 0 Å². The molecule has 0 amide bonds. The van der Waals surface area contributed by atoms with E-state index in [2.05, 4.69) is 13.8 Å². The molecule has 1 N–H and O–H groups in total. The minimum absolute atomic E-state index is 0.0171. The van der Waals surface area contributed by atoms with Crippen molar-refractivity contribution in [2.24, 2.45) is 17.8 Å². The number of aliphatic hydroxyl groups is 1. The van der Waals surface area contributed by atoms with E-state index in [1.165, 1.54) is 0 Å². The summed E-state index contributed by atoms with van der Waals surface area (Å²) < 4.78 is 24.8. The Hall–Kier alpha value is -0.200. The SMILES string of the molecule is C[C@H]1[C@@H]2O[C@](C)(O[C@@H]1[C@H](C)CO)[C@@H](C)[C@H]1OC(C)(C)O[C@@H]21. The van der Waals surface area contributed by atoms with E-state index < -0.39 is 11.6 Å². The predicted molar refractivity (Wildman–Crippen MR) is 76.6 cm³/mol. The summed E-state index contributed by atoms with van der Waals surface area (Å²) in [6.45, 7) is 12.2. The third-order valence-corrected chi connectivity index (χ3v) is 5.43. The van der Waals surface area contributed by atoms with Crippen LogP contribution in [-0.2, 0) is 18.9 Å². The van der Waals surface area contributed by atoms with E-state index in [0.29, 0.717) is 0 Å². The van der Waals surface area contributed by atoms with Gasteiger partial charge in [-0.05, 0) is 20.8 Å². The second-order valence-electron chi connectivity index (χ2n) is 7.55. The van der Waals surface area contributed by atoms with Crippen molar-refractivity contribution in [2.45, 2.75) is 77.5 Å². The van der Waals surface area contributed by atoms with Gasteiger partial charge >= 0.3 is 0 Å². The minimum Gasteiger partial charge on any atom is -0.396 e. The maximum atomic E-state index is 9.51. The minimum atomic E-state index is -0.684. The topological polar surface area (TPSA) is 57.2 Å². The van der Waals surface area contributed by atoms with Gasteiger partial charge < -0.3 is 24.1 Å². The van der Waals surface area contributed by atoms with E-state index in [-0.39, 0.29) is 48.8 Å². The number of aliphatic hydroxyl groups excluding tert-OH is 1. The van der Waals surface area contributed by atoms with E-state index in [4.69, 9.17) is 18.9 Å². The van der Waals surface area contributed by atoms with Crippen LogP contribution in [0.15, 0.2) is 0 Å². The fourth-order valence-corrected chi connectivity index (χ4v) is 4.05. The molecule has 21 heavy (non-hydrogen) atoms. The Balaban J connectivity index is 1.93. The van der Waals surface area contributed by atoms with Crippen molar-refractivity contribution in [3.8, 4) is 0 Å². The van der Waals surface area contributed by atoms with Crippen LogP contribution in [0.3, 0.4) is 0 Å². The highest BCUT2D eigenvalue weighted by molar-refractivity contribution is 5.04. The normalized spacial score (nSPS) is 53.3. The van der Waals surface area contributed by atoms with Crippen LogP contribution < -0.4 is 0 Å². The Morgan fingerprint density at radius 2 is 1.57 bits per heavy atom. The summed E-state index contributed by atoms with van der Waals surface area (Å²) in [5.74, 6) is -0.974. The number of ether oxygens (including phenoxy) is 4. The highest BCUT2D eigenvalue weighted by atomic mass is 16.8. The lowest BCUT2D eigenvalue weighted by molar-refractivity contribution is -0.393. The lowest BCUT2D eigenvalue weighted by Crippen LogP contribution is -2.67. The van der Waals surface area contributed by atoms with E-state index in [0.717, 1.165) is 0 Å². The zero-order valence-corrected chi connectivity index (χ0v) is 13.8. The molecule has 5 nitrogen and oxygen atoms in total. The average molecular weight is 300 g/mol. The molecule has 2 bridgehead atoms. The molecule has 0 aromatic rings. The van der Waals surface area contributed by atoms with E-state index >= 15 is 0 Å². The van der Waals surface area contributed by atoms with Crippen LogP contribution in [-0.4, -0.2) is 47.7 Å². The summed E-state index contributed by atoms with van der Waals surface area (Å²) in [6, 6.07) is 0. The highest BCUT2D eigenvalue weighted by Crippen LogP contribution is 2.51. The maximum absolute atomic E-state index is 9.51. The molecule has 3 saturated heterocycles. The number of rotatable bonds is 2. The number of hydrogen-bond donors (Lipinski definition) is 1. The van der Waals surface area contributed by atoms with Crippen molar-refractivity contribution < 1.29 is 24.1 Å². The monoisotopic (exact) mass is 300 g/mol. The van der Waals surface area contributed by atoms with Crippen LogP contribution in [0.5, 0.6) is 0 Å². The van der Waals surface area contributed by atoms with Gasteiger partial charge in [0.1, 0.15) is 6.10 Å². The molecule has 0 unspecified atom stereocenters. The Morgan fingerprint density at radius 1 is 0.952 bits per heavy atom. The van der Waals surface area contributed by atoms with Gasteiger partial charge in [-0.2, -0.15) is 0 Å². The third-order valence-electron chi connectivity index (χ3n) is 5.43. The van der Waals surface area contributed by atoms with Gasteiger partial charge in [0.25, 0.3) is 0 Å². The molecule has 0 aromatic heterocycles. The molecule has 3 rings (SSSR count). The maximum Gasteiger partial charge on any atom is 0.171 e. The molecule has 0 radical (unpaired) electrons. The lowest BCUT2D eigenvalue weighted by Gasteiger charge is -2.56. The fourth-order valence-electron chi connectivity index (χ4n) is 4.05. The molecule has 3 fully saturated rings. The molecular weight excluding hydrogens is 272 g/mol. The second-order valence-corrected chi connectivity index (χ2v) is 7.55. The van der Waals surface area contributed by atoms with Crippen molar-refractivity contribution in [1.82, 2.24) is 0 Å². The smallest absolute Gasteiger partial charge is 0.171 e. The lowest BCUT2D eigenvalue weighted by atomic mass is 9.76. The van der Waals surface area contributed by atoms with E-state index in [1.807, 2.05) is 27.7 Å². The van der Waals surface area contributed by atoms with Gasteiger partial charge in [-0.25, -0.2) is 0 Å². The standard InChI is InChI=1S/C16H28O5/c1-8(7-17)11-9(2)12-14-13(18-15(4,5)19-14)10(3)16(6,20-11)21-12/h8-14,17H,7H2,1-6H3/t8-,9-,10+,11-,12+,13-,14+,16+/m1/s1. The van der Waals surface area contributed by atoms with E-state index in [1.54, 1.807) is 0 Å². The van der Waals surface area contributed by atoms with Crippen LogP contribution in [0.4, 0.5) is 0 Å². The van der Waals surface area contributed by atoms with Gasteiger partial charge in [0.15, 0.2) is 11.6 Å². The van der Waals surface area contributed by atoms with Crippen LogP contribution in [0.1, 0.15) is 41.5 Å². The summed E-state index contributed by atoms with van der Waals surface area (Å²) in [4.78, 5) is 0. The molecule has 0 aromatic carbocycles.